The molecule has 4 heteroatoms. The number of unbranched alkanes of at least 4 members (excludes halogenated alkanes) is 1. The normalized spacial score (nSPS) is 37.7. The average Bonchev–Trinajstić information content (AvgIpc) is 3.72. The fraction of sp³-hybridized carbons (Fsp3) is 0.556. The molecule has 8 aliphatic rings. The SMILES string of the molecule is Cc1cc(C[P@@](CCCC[P@](Cc2cc(C)cc(C34CC5CC6CC(C3)C6(C5)C4)c2O)c2ccccc2)c2ccccc2)c(O)c(C23CC4CC5CC(C2)C5(C4)C3)c1. The number of benzene rings is 4. The number of rotatable bonds is 13. The van der Waals surface area contributed by atoms with Crippen molar-refractivity contribution < 1.29 is 10.2 Å². The predicted molar refractivity (Wildman–Crippen MR) is 243 cm³/mol. The van der Waals surface area contributed by atoms with Crippen molar-refractivity contribution in [1.82, 2.24) is 0 Å². The van der Waals surface area contributed by atoms with Crippen LogP contribution in [0.1, 0.15) is 123 Å². The van der Waals surface area contributed by atoms with Crippen molar-refractivity contribution in [3.63, 3.8) is 0 Å². The number of phenolic OH excluding ortho intramolecular Hbond substituents is 2. The molecule has 0 aliphatic heterocycles. The molecular formula is C54H64O2P2. The molecule has 0 heterocycles. The Morgan fingerprint density at radius 2 is 0.948 bits per heavy atom. The molecule has 2 spiro atoms. The minimum Gasteiger partial charge on any atom is -0.507 e. The maximum atomic E-state index is 12.3. The lowest BCUT2D eigenvalue weighted by atomic mass is 9.55. The molecule has 302 valence electrons. The third kappa shape index (κ3) is 5.54. The van der Waals surface area contributed by atoms with Gasteiger partial charge in [0, 0.05) is 34.3 Å². The van der Waals surface area contributed by atoms with Crippen LogP contribution >= 0.6 is 15.8 Å². The quantitative estimate of drug-likeness (QED) is 0.104. The highest BCUT2D eigenvalue weighted by Crippen LogP contribution is 2.80. The Labute approximate surface area is 350 Å². The first kappa shape index (κ1) is 37.1. The van der Waals surface area contributed by atoms with Gasteiger partial charge < -0.3 is 10.2 Å². The summed E-state index contributed by atoms with van der Waals surface area (Å²) < 4.78 is 0. The van der Waals surface area contributed by atoms with Crippen LogP contribution in [0, 0.1) is 60.2 Å². The Hall–Kier alpha value is -2.66. The van der Waals surface area contributed by atoms with Crippen molar-refractivity contribution in [1.29, 1.82) is 0 Å². The zero-order chi connectivity index (χ0) is 39.0. The molecule has 8 fully saturated rings. The zero-order valence-electron chi connectivity index (χ0n) is 35.1. The first-order valence-electron chi connectivity index (χ1n) is 23.4. The molecule has 0 saturated heterocycles. The fourth-order valence-electron chi connectivity index (χ4n) is 17.0. The second kappa shape index (κ2) is 13.4. The van der Waals surface area contributed by atoms with Crippen LogP contribution in [0.4, 0.5) is 0 Å². The topological polar surface area (TPSA) is 40.5 Å². The van der Waals surface area contributed by atoms with Gasteiger partial charge in [0.05, 0.1) is 0 Å². The number of fused-ring (bicyclic) bond motifs is 4. The van der Waals surface area contributed by atoms with Gasteiger partial charge in [0.2, 0.25) is 0 Å². The maximum absolute atomic E-state index is 12.3. The summed E-state index contributed by atoms with van der Waals surface area (Å²) in [6.45, 7) is 4.56. The van der Waals surface area contributed by atoms with E-state index in [0.717, 1.165) is 47.8 Å². The van der Waals surface area contributed by atoms with Crippen molar-refractivity contribution in [2.45, 2.75) is 127 Å². The van der Waals surface area contributed by atoms with Gasteiger partial charge in [0.25, 0.3) is 0 Å². The van der Waals surface area contributed by atoms with Crippen molar-refractivity contribution in [2.24, 2.45) is 46.3 Å². The van der Waals surface area contributed by atoms with E-state index in [1.54, 1.807) is 0 Å². The third-order valence-corrected chi connectivity index (χ3v) is 24.0. The Morgan fingerprint density at radius 1 is 0.517 bits per heavy atom. The van der Waals surface area contributed by atoms with Gasteiger partial charge in [-0.05, 0) is 184 Å². The number of hydrogen-bond donors (Lipinski definition) is 2. The Balaban J connectivity index is 0.781. The third-order valence-electron chi connectivity index (χ3n) is 18.8. The van der Waals surface area contributed by atoms with Gasteiger partial charge in [0.1, 0.15) is 11.5 Å². The van der Waals surface area contributed by atoms with E-state index in [2.05, 4.69) is 98.8 Å². The van der Waals surface area contributed by atoms with E-state index in [9.17, 15) is 10.2 Å². The molecule has 6 bridgehead atoms. The summed E-state index contributed by atoms with van der Waals surface area (Å²) in [6, 6.07) is 32.1. The lowest BCUT2D eigenvalue weighted by Gasteiger charge is -2.49. The molecule has 2 N–H and O–H groups in total. The molecule has 8 saturated carbocycles. The molecule has 2 nitrogen and oxygen atoms in total. The molecule has 8 aliphatic carbocycles. The van der Waals surface area contributed by atoms with E-state index in [-0.39, 0.29) is 10.8 Å². The fourth-order valence-corrected chi connectivity index (χ4v) is 21.9. The summed E-state index contributed by atoms with van der Waals surface area (Å²) >= 11 is 0. The van der Waals surface area contributed by atoms with Gasteiger partial charge in [-0.15, -0.1) is 0 Å². The van der Waals surface area contributed by atoms with Crippen LogP contribution in [0.5, 0.6) is 11.5 Å². The van der Waals surface area contributed by atoms with E-state index in [0.29, 0.717) is 22.3 Å². The van der Waals surface area contributed by atoms with E-state index in [1.807, 2.05) is 0 Å². The number of phenols is 2. The molecule has 12 rings (SSSR count). The smallest absolute Gasteiger partial charge is 0.122 e. The van der Waals surface area contributed by atoms with Crippen LogP contribution in [-0.2, 0) is 23.2 Å². The summed E-state index contributed by atoms with van der Waals surface area (Å²) in [6.07, 6.45) is 23.4. The van der Waals surface area contributed by atoms with Crippen LogP contribution in [0.15, 0.2) is 84.9 Å². The number of aromatic hydroxyl groups is 2. The van der Waals surface area contributed by atoms with Crippen molar-refractivity contribution in [3.05, 3.63) is 118 Å². The number of hydrogen-bond acceptors (Lipinski definition) is 2. The Bertz CT molecular complexity index is 2090. The van der Waals surface area contributed by atoms with E-state index in [1.165, 1.54) is 146 Å². The summed E-state index contributed by atoms with van der Waals surface area (Å²) in [5.74, 6) is 6.81. The molecule has 58 heavy (non-hydrogen) atoms. The summed E-state index contributed by atoms with van der Waals surface area (Å²) in [5, 5.41) is 27.5. The minimum atomic E-state index is -0.463. The van der Waals surface area contributed by atoms with Crippen LogP contribution in [0.25, 0.3) is 0 Å². The lowest BCUT2D eigenvalue weighted by Crippen LogP contribution is -2.42. The van der Waals surface area contributed by atoms with Crippen molar-refractivity contribution >= 4 is 26.5 Å². The second-order valence-corrected chi connectivity index (χ2v) is 26.6. The van der Waals surface area contributed by atoms with Crippen molar-refractivity contribution in [3.8, 4) is 11.5 Å². The highest BCUT2D eigenvalue weighted by atomic mass is 31.1. The second-order valence-electron chi connectivity index (χ2n) is 21.9. The monoisotopic (exact) mass is 806 g/mol. The van der Waals surface area contributed by atoms with E-state index < -0.39 is 15.8 Å². The Morgan fingerprint density at radius 3 is 1.38 bits per heavy atom. The van der Waals surface area contributed by atoms with E-state index in [4.69, 9.17) is 0 Å². The highest BCUT2D eigenvalue weighted by molar-refractivity contribution is 7.65. The first-order chi connectivity index (χ1) is 28.1. The largest absolute Gasteiger partial charge is 0.507 e. The molecule has 4 aromatic rings. The summed E-state index contributed by atoms with van der Waals surface area (Å²) in [4.78, 5) is 0. The van der Waals surface area contributed by atoms with Gasteiger partial charge in [-0.2, -0.15) is 0 Å². The number of aryl methyl sites for hydroxylation is 2. The minimum absolute atomic E-state index is 0.204. The van der Waals surface area contributed by atoms with Gasteiger partial charge in [-0.1, -0.05) is 112 Å². The molecule has 0 amide bonds. The van der Waals surface area contributed by atoms with Gasteiger partial charge in [-0.3, -0.25) is 0 Å². The maximum Gasteiger partial charge on any atom is 0.122 e. The van der Waals surface area contributed by atoms with Crippen LogP contribution in [0.3, 0.4) is 0 Å². The molecule has 12 atom stereocenters. The predicted octanol–water partition coefficient (Wildman–Crippen LogP) is 12.7. The molecule has 4 aromatic carbocycles. The Kier molecular flexibility index (Phi) is 8.59. The van der Waals surface area contributed by atoms with Crippen LogP contribution in [-0.4, -0.2) is 22.5 Å². The van der Waals surface area contributed by atoms with Gasteiger partial charge in [-0.25, -0.2) is 0 Å². The van der Waals surface area contributed by atoms with E-state index >= 15 is 0 Å². The zero-order valence-corrected chi connectivity index (χ0v) is 36.9. The average molecular weight is 807 g/mol. The molecule has 10 unspecified atom stereocenters. The van der Waals surface area contributed by atoms with Gasteiger partial charge in [0.15, 0.2) is 0 Å². The van der Waals surface area contributed by atoms with Crippen LogP contribution < -0.4 is 10.6 Å². The summed E-state index contributed by atoms with van der Waals surface area (Å²) in [5.41, 5.74) is 9.36. The van der Waals surface area contributed by atoms with Crippen LogP contribution in [0.2, 0.25) is 0 Å². The lowest BCUT2D eigenvalue weighted by molar-refractivity contribution is -0.000211. The molecule has 0 radical (unpaired) electrons. The molecular weight excluding hydrogens is 743 g/mol. The summed E-state index contributed by atoms with van der Waals surface area (Å²) in [7, 11) is -0.925. The van der Waals surface area contributed by atoms with Crippen molar-refractivity contribution in [2.75, 3.05) is 12.3 Å². The highest BCUT2D eigenvalue weighted by Gasteiger charge is 2.72. The van der Waals surface area contributed by atoms with Gasteiger partial charge >= 0.3 is 0 Å². The molecule has 0 aromatic heterocycles. The standard InChI is InChI=1S/C54H64O2P2/c1-35-17-39(49(55)47(19-35)51-25-37-21-41-23-43(29-51)53(41,27-37)33-51)31-57(45-11-5-3-6-12-45)15-9-10-16-58(46-13-7-4-8-14-46)32-40-18-36(2)20-48(50(40)56)52-26-38-22-42-24-44(30-52)54(42,28-38)34-52/h3-8,11-14,17-20,37-38,41-44,55-56H,9-10,15-16,21-34H2,1-2H3/t37?,38?,41?,42?,43?,44?,51?,52?,53?,54?,57-,58-/m1/s1. The first-order valence-corrected chi connectivity index (χ1v) is 26.8.